The van der Waals surface area contributed by atoms with E-state index in [9.17, 15) is 4.79 Å². The molecular weight excluding hydrogens is 192 g/mol. The second-order valence-electron chi connectivity index (χ2n) is 4.81. The van der Waals surface area contributed by atoms with Gasteiger partial charge >= 0.3 is 0 Å². The lowest BCUT2D eigenvalue weighted by atomic mass is 9.92. The van der Waals surface area contributed by atoms with Crippen LogP contribution in [-0.2, 0) is 9.53 Å². The van der Waals surface area contributed by atoms with E-state index < -0.39 is 0 Å². The van der Waals surface area contributed by atoms with Gasteiger partial charge in [0.25, 0.3) is 0 Å². The van der Waals surface area contributed by atoms with E-state index in [0.29, 0.717) is 0 Å². The summed E-state index contributed by atoms with van der Waals surface area (Å²) in [5.41, 5.74) is -0.0559. The molecule has 2 aliphatic rings. The van der Waals surface area contributed by atoms with E-state index in [1.165, 1.54) is 0 Å². The van der Waals surface area contributed by atoms with Gasteiger partial charge in [-0.2, -0.15) is 0 Å². The summed E-state index contributed by atoms with van der Waals surface area (Å²) in [5.74, 6) is 0.164. The summed E-state index contributed by atoms with van der Waals surface area (Å²) in [6, 6.07) is 0.0321. The molecule has 0 aromatic rings. The number of carbonyl (C=O) groups is 1. The van der Waals surface area contributed by atoms with Gasteiger partial charge in [-0.15, -0.1) is 0 Å². The van der Waals surface area contributed by atoms with Crippen LogP contribution in [0.3, 0.4) is 0 Å². The second kappa shape index (κ2) is 4.49. The van der Waals surface area contributed by atoms with Crippen molar-refractivity contribution in [3.63, 3.8) is 0 Å². The predicted molar refractivity (Wildman–Crippen MR) is 57.6 cm³/mol. The molecule has 0 aromatic heterocycles. The van der Waals surface area contributed by atoms with Crippen molar-refractivity contribution < 1.29 is 9.53 Å². The number of hydrogen-bond acceptors (Lipinski definition) is 3. The Morgan fingerprint density at radius 3 is 2.80 bits per heavy atom. The fourth-order valence-electron chi connectivity index (χ4n) is 2.24. The third kappa shape index (κ3) is 2.69. The molecule has 0 bridgehead atoms. The van der Waals surface area contributed by atoms with Gasteiger partial charge in [0, 0.05) is 18.8 Å². The summed E-state index contributed by atoms with van der Waals surface area (Å²) in [7, 11) is 0. The molecule has 2 rings (SSSR count). The Balaban J connectivity index is 1.86. The van der Waals surface area contributed by atoms with Crippen LogP contribution in [0.1, 0.15) is 32.6 Å². The maximum Gasteiger partial charge on any atom is 0.237 e. The van der Waals surface area contributed by atoms with E-state index in [1.807, 2.05) is 0 Å². The van der Waals surface area contributed by atoms with Gasteiger partial charge in [-0.1, -0.05) is 0 Å². The summed E-state index contributed by atoms with van der Waals surface area (Å²) < 4.78 is 5.31. The Morgan fingerprint density at radius 2 is 2.20 bits per heavy atom. The largest absolute Gasteiger partial charge is 0.381 e. The Bertz CT molecular complexity index is 231. The van der Waals surface area contributed by atoms with Gasteiger partial charge in [-0.05, 0) is 39.2 Å². The number of hydrogen-bond donors (Lipinski definition) is 2. The van der Waals surface area contributed by atoms with Gasteiger partial charge in [-0.3, -0.25) is 4.79 Å². The molecule has 1 amide bonds. The van der Waals surface area contributed by atoms with Crippen molar-refractivity contribution in [2.45, 2.75) is 44.2 Å². The minimum Gasteiger partial charge on any atom is -0.381 e. The molecule has 2 fully saturated rings. The lowest BCUT2D eigenvalue weighted by Crippen LogP contribution is -2.54. The molecule has 0 radical (unpaired) electrons. The molecule has 4 nitrogen and oxygen atoms in total. The lowest BCUT2D eigenvalue weighted by molar-refractivity contribution is -0.125. The second-order valence-corrected chi connectivity index (χ2v) is 4.81. The van der Waals surface area contributed by atoms with Crippen LogP contribution < -0.4 is 10.6 Å². The Morgan fingerprint density at radius 1 is 1.47 bits per heavy atom. The predicted octanol–water partition coefficient (Wildman–Crippen LogP) is 0.424. The number of amides is 1. The van der Waals surface area contributed by atoms with Crippen molar-refractivity contribution in [3.05, 3.63) is 0 Å². The zero-order chi connectivity index (χ0) is 10.7. The minimum absolute atomic E-state index is 0.0321. The zero-order valence-corrected chi connectivity index (χ0v) is 9.34. The lowest BCUT2D eigenvalue weighted by Gasteiger charge is -2.35. The SMILES string of the molecule is CC1(NC(=O)[C@H]2CCCN2)CCOCC1. The quantitative estimate of drug-likeness (QED) is 0.697. The van der Waals surface area contributed by atoms with Gasteiger partial charge in [0.05, 0.1) is 6.04 Å². The molecule has 1 atom stereocenters. The van der Waals surface area contributed by atoms with Crippen molar-refractivity contribution >= 4 is 5.91 Å². The first kappa shape index (κ1) is 10.9. The van der Waals surface area contributed by atoms with Gasteiger partial charge < -0.3 is 15.4 Å². The molecule has 0 spiro atoms. The molecule has 2 heterocycles. The fraction of sp³-hybridized carbons (Fsp3) is 0.909. The van der Waals surface area contributed by atoms with Gasteiger partial charge in [-0.25, -0.2) is 0 Å². The first-order chi connectivity index (χ1) is 7.20. The summed E-state index contributed by atoms with van der Waals surface area (Å²) in [5, 5.41) is 6.38. The standard InChI is InChI=1S/C11H20N2O2/c1-11(4-7-15-8-5-11)13-10(14)9-3-2-6-12-9/h9,12H,2-8H2,1H3,(H,13,14)/t9-/m1/s1. The van der Waals surface area contributed by atoms with Crippen LogP contribution in [0.5, 0.6) is 0 Å². The molecule has 2 N–H and O–H groups in total. The van der Waals surface area contributed by atoms with Crippen molar-refractivity contribution in [3.8, 4) is 0 Å². The molecule has 86 valence electrons. The molecular formula is C11H20N2O2. The van der Waals surface area contributed by atoms with Crippen molar-refractivity contribution in [2.75, 3.05) is 19.8 Å². The molecule has 15 heavy (non-hydrogen) atoms. The Kier molecular flexibility index (Phi) is 3.26. The molecule has 0 unspecified atom stereocenters. The van der Waals surface area contributed by atoms with Crippen LogP contribution in [0.2, 0.25) is 0 Å². The van der Waals surface area contributed by atoms with Gasteiger partial charge in [0.15, 0.2) is 0 Å². The maximum atomic E-state index is 11.9. The molecule has 0 aromatic carbocycles. The molecule has 0 saturated carbocycles. The third-order valence-electron chi connectivity index (χ3n) is 3.40. The third-order valence-corrected chi connectivity index (χ3v) is 3.40. The van der Waals surface area contributed by atoms with Gasteiger partial charge in [0.1, 0.15) is 0 Å². The molecule has 0 aliphatic carbocycles. The van der Waals surface area contributed by atoms with E-state index in [1.54, 1.807) is 0 Å². The monoisotopic (exact) mass is 212 g/mol. The first-order valence-electron chi connectivity index (χ1n) is 5.83. The van der Waals surface area contributed by atoms with Crippen LogP contribution in [0.25, 0.3) is 0 Å². The Hall–Kier alpha value is -0.610. The van der Waals surface area contributed by atoms with Crippen molar-refractivity contribution in [1.82, 2.24) is 10.6 Å². The Labute approximate surface area is 90.8 Å². The summed E-state index contributed by atoms with van der Waals surface area (Å²) in [6.07, 6.45) is 3.92. The van der Waals surface area contributed by atoms with Gasteiger partial charge in [0.2, 0.25) is 5.91 Å². The zero-order valence-electron chi connectivity index (χ0n) is 9.34. The number of ether oxygens (including phenoxy) is 1. The average molecular weight is 212 g/mol. The topological polar surface area (TPSA) is 50.4 Å². The smallest absolute Gasteiger partial charge is 0.237 e. The maximum absolute atomic E-state index is 11.9. The van der Waals surface area contributed by atoms with E-state index in [0.717, 1.165) is 45.4 Å². The number of nitrogens with one attached hydrogen (secondary N) is 2. The van der Waals surface area contributed by atoms with Crippen LogP contribution in [0, 0.1) is 0 Å². The van der Waals surface area contributed by atoms with Crippen LogP contribution in [0.4, 0.5) is 0 Å². The highest BCUT2D eigenvalue weighted by molar-refractivity contribution is 5.82. The summed E-state index contributed by atoms with van der Waals surface area (Å²) >= 11 is 0. The average Bonchev–Trinajstić information content (AvgIpc) is 2.70. The first-order valence-corrected chi connectivity index (χ1v) is 5.83. The number of carbonyl (C=O) groups excluding carboxylic acids is 1. The van der Waals surface area contributed by atoms with Crippen molar-refractivity contribution in [2.24, 2.45) is 0 Å². The van der Waals surface area contributed by atoms with Crippen LogP contribution >= 0.6 is 0 Å². The molecule has 2 saturated heterocycles. The highest BCUT2D eigenvalue weighted by Crippen LogP contribution is 2.20. The van der Waals surface area contributed by atoms with Crippen molar-refractivity contribution in [1.29, 1.82) is 0 Å². The summed E-state index contributed by atoms with van der Waals surface area (Å²) in [4.78, 5) is 11.9. The highest BCUT2D eigenvalue weighted by Gasteiger charge is 2.32. The van der Waals surface area contributed by atoms with Crippen LogP contribution in [0.15, 0.2) is 0 Å². The molecule has 4 heteroatoms. The molecule has 2 aliphatic heterocycles. The fourth-order valence-corrected chi connectivity index (χ4v) is 2.24. The van der Waals surface area contributed by atoms with Crippen LogP contribution in [-0.4, -0.2) is 37.2 Å². The van der Waals surface area contributed by atoms with E-state index in [4.69, 9.17) is 4.74 Å². The highest BCUT2D eigenvalue weighted by atomic mass is 16.5. The normalized spacial score (nSPS) is 30.1. The van der Waals surface area contributed by atoms with E-state index in [-0.39, 0.29) is 17.5 Å². The summed E-state index contributed by atoms with van der Waals surface area (Å²) in [6.45, 7) is 4.60. The minimum atomic E-state index is -0.0559. The van der Waals surface area contributed by atoms with E-state index in [2.05, 4.69) is 17.6 Å². The van der Waals surface area contributed by atoms with E-state index >= 15 is 0 Å². The number of rotatable bonds is 2.